The second-order valence-electron chi connectivity index (χ2n) is 2.94. The molecule has 2 aromatic rings. The van der Waals surface area contributed by atoms with E-state index in [2.05, 4.69) is 15.0 Å². The number of hydrogen-bond donors (Lipinski definition) is 1. The summed E-state index contributed by atoms with van der Waals surface area (Å²) < 4.78 is 0. The Labute approximate surface area is 92.2 Å². The first-order valence-electron chi connectivity index (χ1n) is 4.43. The zero-order valence-corrected chi connectivity index (χ0v) is 8.65. The van der Waals surface area contributed by atoms with E-state index in [1.54, 1.807) is 6.20 Å². The minimum Gasteiger partial charge on any atom is -0.325 e. The van der Waals surface area contributed by atoms with Crippen molar-refractivity contribution in [2.24, 2.45) is 5.73 Å². The van der Waals surface area contributed by atoms with E-state index in [4.69, 9.17) is 17.3 Å². The molecule has 0 spiro atoms. The highest BCUT2D eigenvalue weighted by atomic mass is 35.5. The van der Waals surface area contributed by atoms with Crippen LogP contribution in [0.15, 0.2) is 30.7 Å². The van der Waals surface area contributed by atoms with Crippen molar-refractivity contribution in [3.63, 3.8) is 0 Å². The van der Waals surface area contributed by atoms with Crippen LogP contribution in [0.5, 0.6) is 0 Å². The molecular weight excluding hydrogens is 212 g/mol. The molecule has 0 aliphatic heterocycles. The van der Waals surface area contributed by atoms with E-state index in [9.17, 15) is 0 Å². The van der Waals surface area contributed by atoms with Crippen molar-refractivity contribution in [1.29, 1.82) is 0 Å². The summed E-state index contributed by atoms with van der Waals surface area (Å²) in [4.78, 5) is 12.1. The maximum absolute atomic E-state index is 5.95. The predicted molar refractivity (Wildman–Crippen MR) is 58.2 cm³/mol. The van der Waals surface area contributed by atoms with Gasteiger partial charge in [0.25, 0.3) is 0 Å². The number of nitrogens with two attached hydrogens (primary N) is 1. The van der Waals surface area contributed by atoms with Crippen molar-refractivity contribution in [2.75, 3.05) is 0 Å². The van der Waals surface area contributed by atoms with Crippen molar-refractivity contribution in [2.45, 2.75) is 6.54 Å². The molecule has 0 fully saturated rings. The first-order valence-corrected chi connectivity index (χ1v) is 4.81. The number of hydrogen-bond acceptors (Lipinski definition) is 4. The predicted octanol–water partition coefficient (Wildman–Crippen LogP) is 1.65. The summed E-state index contributed by atoms with van der Waals surface area (Å²) in [5.41, 5.74) is 7.80. The van der Waals surface area contributed by atoms with E-state index >= 15 is 0 Å². The van der Waals surface area contributed by atoms with Gasteiger partial charge in [0, 0.05) is 18.3 Å². The maximum atomic E-state index is 5.95. The highest BCUT2D eigenvalue weighted by Crippen LogP contribution is 2.23. The van der Waals surface area contributed by atoms with Crippen LogP contribution in [0.25, 0.3) is 11.3 Å². The van der Waals surface area contributed by atoms with Gasteiger partial charge in [-0.3, -0.25) is 0 Å². The number of rotatable bonds is 2. The monoisotopic (exact) mass is 220 g/mol. The summed E-state index contributed by atoms with van der Waals surface area (Å²) in [6, 6.07) is 5.48. The largest absolute Gasteiger partial charge is 0.325 e. The zero-order chi connectivity index (χ0) is 10.7. The second kappa shape index (κ2) is 4.33. The molecule has 2 N–H and O–H groups in total. The van der Waals surface area contributed by atoms with E-state index in [0.717, 1.165) is 17.0 Å². The molecule has 0 amide bonds. The van der Waals surface area contributed by atoms with Gasteiger partial charge in [-0.05, 0) is 18.2 Å². The Hall–Kier alpha value is -1.52. The minimum atomic E-state index is 0.382. The van der Waals surface area contributed by atoms with Crippen LogP contribution in [0.1, 0.15) is 5.69 Å². The van der Waals surface area contributed by atoms with Gasteiger partial charge in [0.15, 0.2) is 0 Å². The molecule has 76 valence electrons. The second-order valence-corrected chi connectivity index (χ2v) is 3.30. The lowest BCUT2D eigenvalue weighted by Gasteiger charge is -2.03. The van der Waals surface area contributed by atoms with E-state index < -0.39 is 0 Å². The van der Waals surface area contributed by atoms with Gasteiger partial charge >= 0.3 is 0 Å². The molecule has 0 atom stereocenters. The third kappa shape index (κ3) is 2.11. The van der Waals surface area contributed by atoms with Gasteiger partial charge in [-0.1, -0.05) is 11.6 Å². The molecule has 0 aliphatic rings. The van der Waals surface area contributed by atoms with Crippen LogP contribution in [-0.2, 0) is 6.54 Å². The number of aromatic nitrogens is 3. The Balaban J connectivity index is 2.49. The van der Waals surface area contributed by atoms with Gasteiger partial charge in [0.2, 0.25) is 0 Å². The van der Waals surface area contributed by atoms with E-state index in [0.29, 0.717) is 11.7 Å². The van der Waals surface area contributed by atoms with Crippen LogP contribution >= 0.6 is 11.6 Å². The number of halogens is 1. The lowest BCUT2D eigenvalue weighted by molar-refractivity contribution is 0.966. The van der Waals surface area contributed by atoms with Crippen LogP contribution in [-0.4, -0.2) is 15.0 Å². The standard InChI is InChI=1S/C10H9ClN4/c11-10-8(2-1-3-13-10)9-4-7(5-12)14-6-15-9/h1-4,6H,5,12H2. The van der Waals surface area contributed by atoms with Gasteiger partial charge in [0.05, 0.1) is 11.4 Å². The Bertz CT molecular complexity index is 472. The quantitative estimate of drug-likeness (QED) is 0.782. The zero-order valence-electron chi connectivity index (χ0n) is 7.89. The number of pyridine rings is 1. The summed E-state index contributed by atoms with van der Waals surface area (Å²) in [6.07, 6.45) is 3.11. The smallest absolute Gasteiger partial charge is 0.138 e. The summed E-state index contributed by atoms with van der Waals surface area (Å²) in [5.74, 6) is 0. The van der Waals surface area contributed by atoms with Crippen LogP contribution in [0.3, 0.4) is 0 Å². The molecule has 0 unspecified atom stereocenters. The lowest BCUT2D eigenvalue weighted by Crippen LogP contribution is -2.00. The first kappa shape index (κ1) is 10.0. The van der Waals surface area contributed by atoms with Crippen molar-refractivity contribution in [3.8, 4) is 11.3 Å². The van der Waals surface area contributed by atoms with Crippen LogP contribution in [0, 0.1) is 0 Å². The summed E-state index contributed by atoms with van der Waals surface area (Å²) in [6.45, 7) is 0.382. The van der Waals surface area contributed by atoms with Crippen molar-refractivity contribution >= 4 is 11.6 Å². The topological polar surface area (TPSA) is 64.7 Å². The Morgan fingerprint density at radius 3 is 2.87 bits per heavy atom. The highest BCUT2D eigenvalue weighted by Gasteiger charge is 2.05. The van der Waals surface area contributed by atoms with Crippen LogP contribution in [0.2, 0.25) is 5.15 Å². The van der Waals surface area contributed by atoms with E-state index in [-0.39, 0.29) is 0 Å². The Morgan fingerprint density at radius 1 is 1.27 bits per heavy atom. The van der Waals surface area contributed by atoms with Gasteiger partial charge < -0.3 is 5.73 Å². The average molecular weight is 221 g/mol. The van der Waals surface area contributed by atoms with Gasteiger partial charge in [-0.2, -0.15) is 0 Å². The average Bonchev–Trinajstić information content (AvgIpc) is 2.30. The Kier molecular flexibility index (Phi) is 2.89. The molecular formula is C10H9ClN4. The fourth-order valence-electron chi connectivity index (χ4n) is 1.23. The summed E-state index contributed by atoms with van der Waals surface area (Å²) in [5, 5.41) is 0.430. The first-order chi connectivity index (χ1) is 7.31. The van der Waals surface area contributed by atoms with Gasteiger partial charge in [-0.15, -0.1) is 0 Å². The molecule has 0 saturated carbocycles. The fraction of sp³-hybridized carbons (Fsp3) is 0.100. The van der Waals surface area contributed by atoms with Gasteiger partial charge in [-0.25, -0.2) is 15.0 Å². The SMILES string of the molecule is NCc1cc(-c2cccnc2Cl)ncn1. The molecule has 4 nitrogen and oxygen atoms in total. The molecule has 5 heteroatoms. The number of nitrogens with zero attached hydrogens (tertiary/aromatic N) is 3. The molecule has 0 aliphatic carbocycles. The third-order valence-corrected chi connectivity index (χ3v) is 2.27. The normalized spacial score (nSPS) is 10.3. The lowest BCUT2D eigenvalue weighted by atomic mass is 10.2. The molecule has 2 heterocycles. The molecule has 2 aromatic heterocycles. The van der Waals surface area contributed by atoms with Crippen molar-refractivity contribution in [1.82, 2.24) is 15.0 Å². The van der Waals surface area contributed by atoms with E-state index in [1.807, 2.05) is 18.2 Å². The summed E-state index contributed by atoms with van der Waals surface area (Å²) >= 11 is 5.95. The molecule has 0 radical (unpaired) electrons. The van der Waals surface area contributed by atoms with Gasteiger partial charge in [0.1, 0.15) is 11.5 Å². The molecule has 15 heavy (non-hydrogen) atoms. The Morgan fingerprint density at radius 2 is 2.13 bits per heavy atom. The van der Waals surface area contributed by atoms with E-state index in [1.165, 1.54) is 6.33 Å². The molecule has 0 aromatic carbocycles. The molecule has 0 saturated heterocycles. The maximum Gasteiger partial charge on any atom is 0.138 e. The third-order valence-electron chi connectivity index (χ3n) is 1.97. The van der Waals surface area contributed by atoms with Crippen LogP contribution < -0.4 is 5.73 Å². The molecule has 0 bridgehead atoms. The van der Waals surface area contributed by atoms with Crippen LogP contribution in [0.4, 0.5) is 0 Å². The fourth-order valence-corrected chi connectivity index (χ4v) is 1.45. The molecule has 2 rings (SSSR count). The highest BCUT2D eigenvalue weighted by molar-refractivity contribution is 6.31. The van der Waals surface area contributed by atoms with Crippen molar-refractivity contribution in [3.05, 3.63) is 41.6 Å². The van der Waals surface area contributed by atoms with Crippen molar-refractivity contribution < 1.29 is 0 Å². The minimum absolute atomic E-state index is 0.382. The summed E-state index contributed by atoms with van der Waals surface area (Å²) in [7, 11) is 0.